The first-order valence-electron chi connectivity index (χ1n) is 6.07. The predicted octanol–water partition coefficient (Wildman–Crippen LogP) is 2.64. The molecule has 1 fully saturated rings. The van der Waals surface area contributed by atoms with Gasteiger partial charge in [0.15, 0.2) is 0 Å². The van der Waals surface area contributed by atoms with Gasteiger partial charge in [-0.1, -0.05) is 19.1 Å². The monoisotopic (exact) mass is 236 g/mol. The quantitative estimate of drug-likeness (QED) is 0.711. The van der Waals surface area contributed by atoms with Gasteiger partial charge in [0.25, 0.3) is 0 Å². The molecule has 1 aromatic carbocycles. The molecule has 3 nitrogen and oxygen atoms in total. The summed E-state index contributed by atoms with van der Waals surface area (Å²) in [7, 11) is 1.67. The Labute approximate surface area is 103 Å². The van der Waals surface area contributed by atoms with Gasteiger partial charge >= 0.3 is 0 Å². The third-order valence-electron chi connectivity index (χ3n) is 3.13. The van der Waals surface area contributed by atoms with Crippen molar-refractivity contribution in [2.75, 3.05) is 13.7 Å². The maximum absolute atomic E-state index is 5.68. The minimum Gasteiger partial charge on any atom is -0.497 e. The van der Waals surface area contributed by atoms with Crippen LogP contribution in [0.5, 0.6) is 5.75 Å². The van der Waals surface area contributed by atoms with Gasteiger partial charge in [-0.15, -0.1) is 0 Å². The summed E-state index contributed by atoms with van der Waals surface area (Å²) in [6.45, 7) is 5.67. The van der Waals surface area contributed by atoms with Gasteiger partial charge in [-0.2, -0.15) is 0 Å². The SMILES string of the molecule is COc1ccc(COC[C@H](C)[C@@H]2O[C@@H]2C)cc1. The first kappa shape index (κ1) is 12.4. The van der Waals surface area contributed by atoms with Crippen LogP contribution >= 0.6 is 0 Å². The fourth-order valence-electron chi connectivity index (χ4n) is 1.98. The number of hydrogen-bond acceptors (Lipinski definition) is 3. The van der Waals surface area contributed by atoms with Crippen molar-refractivity contribution in [2.24, 2.45) is 5.92 Å². The molecule has 0 bridgehead atoms. The number of ether oxygens (including phenoxy) is 3. The zero-order valence-electron chi connectivity index (χ0n) is 10.7. The van der Waals surface area contributed by atoms with Gasteiger partial charge in [0, 0.05) is 5.92 Å². The summed E-state index contributed by atoms with van der Waals surface area (Å²) in [6, 6.07) is 7.96. The van der Waals surface area contributed by atoms with Crippen molar-refractivity contribution in [3.05, 3.63) is 29.8 Å². The van der Waals surface area contributed by atoms with Crippen LogP contribution in [0.15, 0.2) is 24.3 Å². The highest BCUT2D eigenvalue weighted by atomic mass is 16.6. The number of methoxy groups -OCH3 is 1. The van der Waals surface area contributed by atoms with Crippen molar-refractivity contribution in [1.29, 1.82) is 0 Å². The molecule has 1 saturated heterocycles. The third kappa shape index (κ3) is 3.45. The largest absolute Gasteiger partial charge is 0.497 e. The molecule has 17 heavy (non-hydrogen) atoms. The second-order valence-electron chi connectivity index (χ2n) is 4.65. The average Bonchev–Trinajstić information content (AvgIpc) is 3.07. The Bertz CT molecular complexity index is 347. The standard InChI is InChI=1S/C14H20O3/c1-10(14-11(2)17-14)8-16-9-12-4-6-13(15-3)7-5-12/h4-7,10-11,14H,8-9H2,1-3H3/t10-,11+,14-/m0/s1. The maximum atomic E-state index is 5.68. The van der Waals surface area contributed by atoms with Gasteiger partial charge in [-0.05, 0) is 24.6 Å². The lowest BCUT2D eigenvalue weighted by molar-refractivity contribution is 0.0824. The minimum atomic E-state index is 0.394. The van der Waals surface area contributed by atoms with Crippen LogP contribution in [0.2, 0.25) is 0 Å². The van der Waals surface area contributed by atoms with Crippen molar-refractivity contribution >= 4 is 0 Å². The molecular weight excluding hydrogens is 216 g/mol. The van der Waals surface area contributed by atoms with Gasteiger partial charge in [0.05, 0.1) is 32.5 Å². The van der Waals surface area contributed by atoms with E-state index in [2.05, 4.69) is 13.8 Å². The summed E-state index contributed by atoms with van der Waals surface area (Å²) in [5.74, 6) is 1.35. The van der Waals surface area contributed by atoms with Crippen LogP contribution in [-0.4, -0.2) is 25.9 Å². The van der Waals surface area contributed by atoms with Crippen molar-refractivity contribution < 1.29 is 14.2 Å². The van der Waals surface area contributed by atoms with E-state index in [0.717, 1.165) is 12.4 Å². The lowest BCUT2D eigenvalue weighted by atomic mass is 10.1. The zero-order chi connectivity index (χ0) is 12.3. The highest BCUT2D eigenvalue weighted by Gasteiger charge is 2.38. The Morgan fingerprint density at radius 1 is 1.29 bits per heavy atom. The minimum absolute atomic E-state index is 0.394. The van der Waals surface area contributed by atoms with Gasteiger partial charge in [-0.25, -0.2) is 0 Å². The highest BCUT2D eigenvalue weighted by Crippen LogP contribution is 2.28. The van der Waals surface area contributed by atoms with Crippen molar-refractivity contribution in [1.82, 2.24) is 0 Å². The van der Waals surface area contributed by atoms with E-state index >= 15 is 0 Å². The molecule has 94 valence electrons. The molecule has 1 heterocycles. The Kier molecular flexibility index (Phi) is 4.02. The fraction of sp³-hybridized carbons (Fsp3) is 0.571. The number of benzene rings is 1. The Hall–Kier alpha value is -1.06. The Morgan fingerprint density at radius 3 is 2.47 bits per heavy atom. The average molecular weight is 236 g/mol. The van der Waals surface area contributed by atoms with Gasteiger partial charge in [0.1, 0.15) is 5.75 Å². The smallest absolute Gasteiger partial charge is 0.118 e. The van der Waals surface area contributed by atoms with E-state index in [9.17, 15) is 0 Å². The molecule has 0 saturated carbocycles. The van der Waals surface area contributed by atoms with Crippen molar-refractivity contribution in [3.8, 4) is 5.75 Å². The maximum Gasteiger partial charge on any atom is 0.118 e. The van der Waals surface area contributed by atoms with Crippen LogP contribution in [0.3, 0.4) is 0 Å². The second kappa shape index (κ2) is 5.52. The molecule has 0 spiro atoms. The summed E-state index contributed by atoms with van der Waals surface area (Å²) in [4.78, 5) is 0. The lowest BCUT2D eigenvalue weighted by Crippen LogP contribution is -2.13. The molecule has 0 aliphatic carbocycles. The van der Waals surface area contributed by atoms with Gasteiger partial charge in [-0.3, -0.25) is 0 Å². The topological polar surface area (TPSA) is 31.0 Å². The second-order valence-corrected chi connectivity index (χ2v) is 4.65. The first-order chi connectivity index (χ1) is 8.20. The summed E-state index contributed by atoms with van der Waals surface area (Å²) < 4.78 is 16.2. The number of hydrogen-bond donors (Lipinski definition) is 0. The number of epoxide rings is 1. The normalized spacial score (nSPS) is 24.4. The molecule has 3 heteroatoms. The van der Waals surface area contributed by atoms with Gasteiger partial charge in [0.2, 0.25) is 0 Å². The van der Waals surface area contributed by atoms with Crippen LogP contribution < -0.4 is 4.74 Å². The van der Waals surface area contributed by atoms with Crippen LogP contribution in [0, 0.1) is 5.92 Å². The summed E-state index contributed by atoms with van der Waals surface area (Å²) in [5, 5.41) is 0. The molecule has 0 unspecified atom stereocenters. The number of rotatable bonds is 6. The molecular formula is C14H20O3. The van der Waals surface area contributed by atoms with E-state index in [1.165, 1.54) is 5.56 Å². The van der Waals surface area contributed by atoms with Crippen LogP contribution in [0.4, 0.5) is 0 Å². The van der Waals surface area contributed by atoms with Gasteiger partial charge < -0.3 is 14.2 Å². The van der Waals surface area contributed by atoms with E-state index < -0.39 is 0 Å². The molecule has 0 aromatic heterocycles. The van der Waals surface area contributed by atoms with Crippen molar-refractivity contribution in [2.45, 2.75) is 32.7 Å². The molecule has 0 amide bonds. The highest BCUT2D eigenvalue weighted by molar-refractivity contribution is 5.26. The Balaban J connectivity index is 1.70. The molecule has 0 N–H and O–H groups in total. The van der Waals surface area contributed by atoms with Crippen LogP contribution in [0.25, 0.3) is 0 Å². The van der Waals surface area contributed by atoms with E-state index in [1.54, 1.807) is 7.11 Å². The van der Waals surface area contributed by atoms with E-state index in [4.69, 9.17) is 14.2 Å². The summed E-state index contributed by atoms with van der Waals surface area (Å²) >= 11 is 0. The third-order valence-corrected chi connectivity index (χ3v) is 3.13. The van der Waals surface area contributed by atoms with E-state index in [1.807, 2.05) is 24.3 Å². The molecule has 0 radical (unpaired) electrons. The molecule has 1 aliphatic rings. The first-order valence-corrected chi connectivity index (χ1v) is 6.07. The van der Waals surface area contributed by atoms with Crippen molar-refractivity contribution in [3.63, 3.8) is 0 Å². The fourth-order valence-corrected chi connectivity index (χ4v) is 1.98. The van der Waals surface area contributed by atoms with Crippen LogP contribution in [-0.2, 0) is 16.1 Å². The molecule has 1 aromatic rings. The molecule has 2 rings (SSSR count). The lowest BCUT2D eigenvalue weighted by Gasteiger charge is -2.09. The van der Waals surface area contributed by atoms with E-state index in [0.29, 0.717) is 24.7 Å². The summed E-state index contributed by atoms with van der Waals surface area (Å²) in [6.07, 6.45) is 0.806. The zero-order valence-corrected chi connectivity index (χ0v) is 10.7. The molecule has 3 atom stereocenters. The van der Waals surface area contributed by atoms with E-state index in [-0.39, 0.29) is 0 Å². The summed E-state index contributed by atoms with van der Waals surface area (Å²) in [5.41, 5.74) is 1.17. The molecule has 1 aliphatic heterocycles. The Morgan fingerprint density at radius 2 is 1.94 bits per heavy atom. The predicted molar refractivity (Wildman–Crippen MR) is 66.1 cm³/mol. The van der Waals surface area contributed by atoms with Crippen LogP contribution in [0.1, 0.15) is 19.4 Å².